The van der Waals surface area contributed by atoms with Crippen LogP contribution < -0.4 is 10.6 Å². The van der Waals surface area contributed by atoms with Gasteiger partial charge < -0.3 is 15.5 Å². The molecule has 22 heavy (non-hydrogen) atoms. The number of guanidine groups is 1. The van der Waals surface area contributed by atoms with Gasteiger partial charge in [0.1, 0.15) is 6.54 Å². The van der Waals surface area contributed by atoms with Gasteiger partial charge in [0.2, 0.25) is 5.91 Å². The monoisotopic (exact) mass is 310 g/mol. The summed E-state index contributed by atoms with van der Waals surface area (Å²) in [5, 5.41) is 6.83. The molecule has 0 heterocycles. The Hall–Kier alpha value is -1.26. The molecular formula is C17H34N4O. The second-order valence-corrected chi connectivity index (χ2v) is 6.88. The number of rotatable bonds is 6. The SMILES string of the molecule is CCCNC(=NCC(=O)N(C)C)NC1CCC(C(C)C)CC1. The van der Waals surface area contributed by atoms with Gasteiger partial charge in [0.05, 0.1) is 0 Å². The molecule has 1 rings (SSSR count). The zero-order chi connectivity index (χ0) is 16.5. The Kier molecular flexibility index (Phi) is 8.28. The molecule has 0 unspecified atom stereocenters. The van der Waals surface area contributed by atoms with E-state index in [0.717, 1.165) is 30.8 Å². The van der Waals surface area contributed by atoms with Gasteiger partial charge in [-0.3, -0.25) is 4.79 Å². The van der Waals surface area contributed by atoms with Crippen LogP contribution in [0.15, 0.2) is 4.99 Å². The molecule has 0 bridgehead atoms. The van der Waals surface area contributed by atoms with Crippen molar-refractivity contribution < 1.29 is 4.79 Å². The zero-order valence-corrected chi connectivity index (χ0v) is 15.0. The van der Waals surface area contributed by atoms with Crippen molar-refractivity contribution >= 4 is 11.9 Å². The summed E-state index contributed by atoms with van der Waals surface area (Å²) < 4.78 is 0. The van der Waals surface area contributed by atoms with Crippen molar-refractivity contribution in [1.29, 1.82) is 0 Å². The molecule has 0 atom stereocenters. The number of hydrogen-bond acceptors (Lipinski definition) is 2. The molecule has 1 saturated carbocycles. The number of nitrogens with one attached hydrogen (secondary N) is 2. The van der Waals surface area contributed by atoms with Gasteiger partial charge in [-0.15, -0.1) is 0 Å². The highest BCUT2D eigenvalue weighted by atomic mass is 16.2. The number of likely N-dealkylation sites (N-methyl/N-ethyl adjacent to an activating group) is 1. The predicted molar refractivity (Wildman–Crippen MR) is 93.0 cm³/mol. The van der Waals surface area contributed by atoms with E-state index in [1.807, 2.05) is 0 Å². The third-order valence-electron chi connectivity index (χ3n) is 4.47. The minimum Gasteiger partial charge on any atom is -0.356 e. The normalized spacial score (nSPS) is 22.5. The molecule has 0 aromatic carbocycles. The van der Waals surface area contributed by atoms with E-state index in [4.69, 9.17) is 0 Å². The van der Waals surface area contributed by atoms with E-state index in [1.165, 1.54) is 25.7 Å². The van der Waals surface area contributed by atoms with Crippen LogP contribution in [0.3, 0.4) is 0 Å². The summed E-state index contributed by atoms with van der Waals surface area (Å²) in [5.41, 5.74) is 0. The minimum absolute atomic E-state index is 0.0288. The molecule has 5 nitrogen and oxygen atoms in total. The second-order valence-electron chi connectivity index (χ2n) is 6.88. The zero-order valence-electron chi connectivity index (χ0n) is 15.0. The number of carbonyl (C=O) groups excluding carboxylic acids is 1. The van der Waals surface area contributed by atoms with Crippen molar-refractivity contribution in [1.82, 2.24) is 15.5 Å². The van der Waals surface area contributed by atoms with Gasteiger partial charge in [0, 0.05) is 26.7 Å². The smallest absolute Gasteiger partial charge is 0.243 e. The van der Waals surface area contributed by atoms with Gasteiger partial charge in [-0.25, -0.2) is 4.99 Å². The molecule has 0 aromatic rings. The van der Waals surface area contributed by atoms with Gasteiger partial charge in [-0.1, -0.05) is 20.8 Å². The fourth-order valence-corrected chi connectivity index (χ4v) is 2.81. The number of nitrogens with zero attached hydrogens (tertiary/aromatic N) is 2. The van der Waals surface area contributed by atoms with Gasteiger partial charge >= 0.3 is 0 Å². The van der Waals surface area contributed by atoms with Crippen molar-refractivity contribution in [2.75, 3.05) is 27.2 Å². The molecule has 1 aliphatic rings. The molecule has 2 N–H and O–H groups in total. The van der Waals surface area contributed by atoms with Crippen molar-refractivity contribution in [3.63, 3.8) is 0 Å². The summed E-state index contributed by atoms with van der Waals surface area (Å²) in [7, 11) is 3.52. The predicted octanol–water partition coefficient (Wildman–Crippen LogP) is 2.23. The third kappa shape index (κ3) is 6.67. The van der Waals surface area contributed by atoms with Gasteiger partial charge in [-0.2, -0.15) is 0 Å². The first-order chi connectivity index (χ1) is 10.4. The second kappa shape index (κ2) is 9.70. The third-order valence-corrected chi connectivity index (χ3v) is 4.47. The quantitative estimate of drug-likeness (QED) is 0.584. The van der Waals surface area contributed by atoms with Crippen LogP contribution in [-0.4, -0.2) is 50.0 Å². The standard InChI is InChI=1S/C17H34N4O/c1-6-11-18-17(19-12-16(22)21(4)5)20-15-9-7-14(8-10-15)13(2)3/h13-15H,6-12H2,1-5H3,(H2,18,19,20). The maximum Gasteiger partial charge on any atom is 0.243 e. The molecule has 0 radical (unpaired) electrons. The lowest BCUT2D eigenvalue weighted by atomic mass is 9.80. The van der Waals surface area contributed by atoms with Gasteiger partial charge in [-0.05, 0) is 43.9 Å². The van der Waals surface area contributed by atoms with Crippen LogP contribution in [0.2, 0.25) is 0 Å². The molecular weight excluding hydrogens is 276 g/mol. The first-order valence-electron chi connectivity index (χ1n) is 8.69. The number of amides is 1. The Labute approximate surface area is 135 Å². The highest BCUT2D eigenvalue weighted by Gasteiger charge is 2.23. The summed E-state index contributed by atoms with van der Waals surface area (Å²) in [6.45, 7) is 7.85. The lowest BCUT2D eigenvalue weighted by molar-refractivity contribution is -0.127. The molecule has 1 aliphatic carbocycles. The first kappa shape index (κ1) is 18.8. The van der Waals surface area contributed by atoms with E-state index in [0.29, 0.717) is 6.04 Å². The van der Waals surface area contributed by atoms with Crippen molar-refractivity contribution in [3.8, 4) is 0 Å². The Morgan fingerprint density at radius 3 is 2.36 bits per heavy atom. The highest BCUT2D eigenvalue weighted by Crippen LogP contribution is 2.29. The minimum atomic E-state index is 0.0288. The van der Waals surface area contributed by atoms with E-state index in [2.05, 4.69) is 36.4 Å². The average Bonchev–Trinajstić information content (AvgIpc) is 2.49. The fourth-order valence-electron chi connectivity index (χ4n) is 2.81. The van der Waals surface area contributed by atoms with Crippen LogP contribution in [0.25, 0.3) is 0 Å². The maximum absolute atomic E-state index is 11.7. The van der Waals surface area contributed by atoms with Crippen LogP contribution in [0.4, 0.5) is 0 Å². The topological polar surface area (TPSA) is 56.7 Å². The fraction of sp³-hybridized carbons (Fsp3) is 0.882. The van der Waals surface area contributed by atoms with Crippen molar-refractivity contribution in [2.24, 2.45) is 16.8 Å². The molecule has 5 heteroatoms. The number of aliphatic imine (C=N–C) groups is 1. The van der Waals surface area contributed by atoms with E-state index >= 15 is 0 Å². The average molecular weight is 310 g/mol. The largest absolute Gasteiger partial charge is 0.356 e. The Morgan fingerprint density at radius 2 is 1.86 bits per heavy atom. The number of carbonyl (C=O) groups is 1. The summed E-state index contributed by atoms with van der Waals surface area (Å²) in [4.78, 5) is 17.7. The number of hydrogen-bond donors (Lipinski definition) is 2. The first-order valence-corrected chi connectivity index (χ1v) is 8.69. The van der Waals surface area contributed by atoms with E-state index in [9.17, 15) is 4.79 Å². The van der Waals surface area contributed by atoms with E-state index in [-0.39, 0.29) is 12.5 Å². The summed E-state index contributed by atoms with van der Waals surface area (Å²) in [6, 6.07) is 0.479. The Morgan fingerprint density at radius 1 is 1.23 bits per heavy atom. The van der Waals surface area contributed by atoms with E-state index in [1.54, 1.807) is 19.0 Å². The summed E-state index contributed by atoms with van der Waals surface area (Å²) in [6.07, 6.45) is 6.00. The molecule has 128 valence electrons. The highest BCUT2D eigenvalue weighted by molar-refractivity contribution is 5.84. The van der Waals surface area contributed by atoms with Gasteiger partial charge in [0.25, 0.3) is 0 Å². The Bertz CT molecular complexity index is 358. The van der Waals surface area contributed by atoms with Crippen LogP contribution in [0.1, 0.15) is 52.9 Å². The summed E-state index contributed by atoms with van der Waals surface area (Å²) in [5.74, 6) is 2.45. The molecule has 0 aliphatic heterocycles. The lowest BCUT2D eigenvalue weighted by Gasteiger charge is -2.32. The van der Waals surface area contributed by atoms with Crippen LogP contribution in [0, 0.1) is 11.8 Å². The van der Waals surface area contributed by atoms with Crippen LogP contribution in [0.5, 0.6) is 0 Å². The molecule has 0 spiro atoms. The molecule has 0 saturated heterocycles. The Balaban J connectivity index is 2.51. The molecule has 1 fully saturated rings. The molecule has 1 amide bonds. The maximum atomic E-state index is 11.7. The molecule has 0 aromatic heterocycles. The summed E-state index contributed by atoms with van der Waals surface area (Å²) >= 11 is 0. The van der Waals surface area contributed by atoms with Crippen LogP contribution >= 0.6 is 0 Å². The van der Waals surface area contributed by atoms with Gasteiger partial charge in [0.15, 0.2) is 5.96 Å². The van der Waals surface area contributed by atoms with Crippen molar-refractivity contribution in [3.05, 3.63) is 0 Å². The lowest BCUT2D eigenvalue weighted by Crippen LogP contribution is -2.45. The van der Waals surface area contributed by atoms with Crippen molar-refractivity contribution in [2.45, 2.75) is 58.9 Å². The van der Waals surface area contributed by atoms with Crippen LogP contribution in [-0.2, 0) is 4.79 Å². The van der Waals surface area contributed by atoms with E-state index < -0.39 is 0 Å².